The van der Waals surface area contributed by atoms with Gasteiger partial charge in [-0.15, -0.1) is 0 Å². The second-order valence-corrected chi connectivity index (χ2v) is 7.10. The van der Waals surface area contributed by atoms with Crippen molar-refractivity contribution < 1.29 is 0 Å². The molecule has 1 unspecified atom stereocenters. The Balaban J connectivity index is 1.90. The summed E-state index contributed by atoms with van der Waals surface area (Å²) in [6, 6.07) is 26.6. The summed E-state index contributed by atoms with van der Waals surface area (Å²) in [5.74, 6) is 1.26. The topological polar surface area (TPSA) is 0 Å². The van der Waals surface area contributed by atoms with Crippen molar-refractivity contribution in [3.05, 3.63) is 83.9 Å². The highest BCUT2D eigenvalue weighted by Crippen LogP contribution is 2.29. The quantitative estimate of drug-likeness (QED) is 0.482. The van der Waals surface area contributed by atoms with Crippen LogP contribution in [0.5, 0.6) is 0 Å². The summed E-state index contributed by atoms with van der Waals surface area (Å²) < 4.78 is 0. The lowest BCUT2D eigenvalue weighted by Gasteiger charge is -2.16. The monoisotopic (exact) mass is 314 g/mol. The lowest BCUT2D eigenvalue weighted by atomic mass is 9.89. The molecule has 24 heavy (non-hydrogen) atoms. The minimum atomic E-state index is 0.595. The van der Waals surface area contributed by atoms with E-state index in [-0.39, 0.29) is 0 Å². The van der Waals surface area contributed by atoms with E-state index in [0.29, 0.717) is 11.8 Å². The standard InChI is InChI=1S/C24H26/c1-17(2)19(4)20-12-14-22(15-13-20)24-7-5-6-23(16-24)21-10-8-18(3)9-11-21/h5-17,19H,1-4H3. The Morgan fingerprint density at radius 3 is 1.58 bits per heavy atom. The fourth-order valence-corrected chi connectivity index (χ4v) is 2.99. The van der Waals surface area contributed by atoms with E-state index in [4.69, 9.17) is 0 Å². The van der Waals surface area contributed by atoms with Crippen LogP contribution in [-0.4, -0.2) is 0 Å². The van der Waals surface area contributed by atoms with Crippen LogP contribution in [0.3, 0.4) is 0 Å². The average Bonchev–Trinajstić information content (AvgIpc) is 2.62. The Hall–Kier alpha value is -2.34. The smallest absolute Gasteiger partial charge is 0.0167 e. The molecule has 0 saturated carbocycles. The second kappa shape index (κ2) is 7.05. The van der Waals surface area contributed by atoms with Crippen molar-refractivity contribution in [1.29, 1.82) is 0 Å². The maximum atomic E-state index is 2.30. The maximum absolute atomic E-state index is 2.30. The third-order valence-corrected chi connectivity index (χ3v) is 5.02. The van der Waals surface area contributed by atoms with Crippen LogP contribution in [0.1, 0.15) is 37.8 Å². The van der Waals surface area contributed by atoms with Gasteiger partial charge in [0.25, 0.3) is 0 Å². The van der Waals surface area contributed by atoms with E-state index < -0.39 is 0 Å². The molecule has 0 amide bonds. The third kappa shape index (κ3) is 3.59. The van der Waals surface area contributed by atoms with Crippen LogP contribution in [0, 0.1) is 12.8 Å². The van der Waals surface area contributed by atoms with Crippen molar-refractivity contribution in [2.75, 3.05) is 0 Å². The summed E-state index contributed by atoms with van der Waals surface area (Å²) >= 11 is 0. The molecule has 1 atom stereocenters. The van der Waals surface area contributed by atoms with Crippen LogP contribution in [-0.2, 0) is 0 Å². The minimum absolute atomic E-state index is 0.595. The van der Waals surface area contributed by atoms with Crippen molar-refractivity contribution in [2.45, 2.75) is 33.6 Å². The molecule has 3 rings (SSSR count). The zero-order chi connectivity index (χ0) is 17.1. The van der Waals surface area contributed by atoms with E-state index in [1.807, 2.05) is 0 Å². The first kappa shape index (κ1) is 16.5. The molecule has 0 heterocycles. The summed E-state index contributed by atoms with van der Waals surface area (Å²) in [4.78, 5) is 0. The fraction of sp³-hybridized carbons (Fsp3) is 0.250. The predicted molar refractivity (Wildman–Crippen MR) is 105 cm³/mol. The van der Waals surface area contributed by atoms with Gasteiger partial charge in [-0.2, -0.15) is 0 Å². The van der Waals surface area contributed by atoms with Crippen LogP contribution < -0.4 is 0 Å². The van der Waals surface area contributed by atoms with Gasteiger partial charge in [0.15, 0.2) is 0 Å². The number of hydrogen-bond acceptors (Lipinski definition) is 0. The van der Waals surface area contributed by atoms with Gasteiger partial charge in [0.1, 0.15) is 0 Å². The highest BCUT2D eigenvalue weighted by molar-refractivity contribution is 5.73. The first-order chi connectivity index (χ1) is 11.5. The van der Waals surface area contributed by atoms with E-state index in [2.05, 4.69) is 100 Å². The third-order valence-electron chi connectivity index (χ3n) is 5.02. The lowest BCUT2D eigenvalue weighted by Crippen LogP contribution is -2.01. The molecule has 122 valence electrons. The molecular weight excluding hydrogens is 288 g/mol. The molecule has 3 aromatic carbocycles. The lowest BCUT2D eigenvalue weighted by molar-refractivity contribution is 0.535. The van der Waals surface area contributed by atoms with Gasteiger partial charge in [-0.3, -0.25) is 0 Å². The molecule has 0 heteroatoms. The Labute approximate surface area is 146 Å². The molecule has 3 aromatic rings. The zero-order valence-corrected chi connectivity index (χ0v) is 15.1. The van der Waals surface area contributed by atoms with Gasteiger partial charge in [0.05, 0.1) is 0 Å². The first-order valence-corrected chi connectivity index (χ1v) is 8.82. The molecule has 0 fully saturated rings. The van der Waals surface area contributed by atoms with E-state index in [1.165, 1.54) is 33.4 Å². The zero-order valence-electron chi connectivity index (χ0n) is 15.1. The summed E-state index contributed by atoms with van der Waals surface area (Å²) in [6.07, 6.45) is 0. The highest BCUT2D eigenvalue weighted by atomic mass is 14.1. The summed E-state index contributed by atoms with van der Waals surface area (Å²) in [7, 11) is 0. The minimum Gasteiger partial charge on any atom is -0.0622 e. The van der Waals surface area contributed by atoms with Crippen LogP contribution in [0.4, 0.5) is 0 Å². The molecule has 0 aliphatic carbocycles. The van der Waals surface area contributed by atoms with Gasteiger partial charge < -0.3 is 0 Å². The molecule has 0 saturated heterocycles. The second-order valence-electron chi connectivity index (χ2n) is 7.10. The molecule has 0 N–H and O–H groups in total. The fourth-order valence-electron chi connectivity index (χ4n) is 2.99. The maximum Gasteiger partial charge on any atom is -0.0167 e. The van der Waals surface area contributed by atoms with Gasteiger partial charge in [0, 0.05) is 0 Å². The Bertz CT molecular complexity index is 792. The molecule has 0 aliphatic heterocycles. The van der Waals surface area contributed by atoms with Gasteiger partial charge in [-0.25, -0.2) is 0 Å². The number of rotatable bonds is 4. The van der Waals surface area contributed by atoms with Crippen molar-refractivity contribution in [3.8, 4) is 22.3 Å². The number of benzene rings is 3. The summed E-state index contributed by atoms with van der Waals surface area (Å²) in [6.45, 7) is 8.99. The number of hydrogen-bond donors (Lipinski definition) is 0. The first-order valence-electron chi connectivity index (χ1n) is 8.82. The Kier molecular flexibility index (Phi) is 4.85. The van der Waals surface area contributed by atoms with Crippen molar-refractivity contribution in [2.24, 2.45) is 5.92 Å². The van der Waals surface area contributed by atoms with Crippen molar-refractivity contribution in [3.63, 3.8) is 0 Å². The Morgan fingerprint density at radius 2 is 1.08 bits per heavy atom. The number of aryl methyl sites for hydroxylation is 1. The molecule has 0 radical (unpaired) electrons. The molecular formula is C24H26. The molecule has 0 nitrogen and oxygen atoms in total. The summed E-state index contributed by atoms with van der Waals surface area (Å²) in [5, 5.41) is 0. The molecule has 0 spiro atoms. The highest BCUT2D eigenvalue weighted by Gasteiger charge is 2.10. The summed E-state index contributed by atoms with van der Waals surface area (Å²) in [5.41, 5.74) is 7.81. The predicted octanol–water partition coefficient (Wildman–Crippen LogP) is 7.09. The normalized spacial score (nSPS) is 12.4. The molecule has 0 bridgehead atoms. The van der Waals surface area contributed by atoms with Gasteiger partial charge >= 0.3 is 0 Å². The largest absolute Gasteiger partial charge is 0.0622 e. The SMILES string of the molecule is Cc1ccc(-c2cccc(-c3ccc(C(C)C(C)C)cc3)c2)cc1. The van der Waals surface area contributed by atoms with Crippen LogP contribution >= 0.6 is 0 Å². The average molecular weight is 314 g/mol. The molecule has 0 aliphatic rings. The van der Waals surface area contributed by atoms with E-state index in [9.17, 15) is 0 Å². The van der Waals surface area contributed by atoms with E-state index in [0.717, 1.165) is 0 Å². The van der Waals surface area contributed by atoms with E-state index >= 15 is 0 Å². The van der Waals surface area contributed by atoms with Crippen LogP contribution in [0.15, 0.2) is 72.8 Å². The van der Waals surface area contributed by atoms with E-state index in [1.54, 1.807) is 0 Å². The van der Waals surface area contributed by atoms with Crippen molar-refractivity contribution >= 4 is 0 Å². The van der Waals surface area contributed by atoms with Crippen molar-refractivity contribution in [1.82, 2.24) is 0 Å². The van der Waals surface area contributed by atoms with Gasteiger partial charge in [0.2, 0.25) is 0 Å². The molecule has 0 aromatic heterocycles. The van der Waals surface area contributed by atoms with Gasteiger partial charge in [-0.05, 0) is 52.6 Å². The van der Waals surface area contributed by atoms with Gasteiger partial charge in [-0.1, -0.05) is 93.1 Å². The van der Waals surface area contributed by atoms with Crippen LogP contribution in [0.25, 0.3) is 22.3 Å². The Morgan fingerprint density at radius 1 is 0.583 bits per heavy atom. The van der Waals surface area contributed by atoms with Crippen LogP contribution in [0.2, 0.25) is 0 Å².